The quantitative estimate of drug-likeness (QED) is 0.764. The molecule has 1 aromatic heterocycles. The third-order valence-corrected chi connectivity index (χ3v) is 2.80. The van der Waals surface area contributed by atoms with Crippen LogP contribution in [0.5, 0.6) is 0 Å². The Morgan fingerprint density at radius 1 is 1.50 bits per heavy atom. The number of nitrogens with zero attached hydrogens (tertiary/aromatic N) is 2. The summed E-state index contributed by atoms with van der Waals surface area (Å²) in [7, 11) is 1.84. The number of carbonyl (C=O) groups excluding carboxylic acids is 1. The van der Waals surface area contributed by atoms with Gasteiger partial charge in [0, 0.05) is 52.2 Å². The lowest BCUT2D eigenvalue weighted by molar-refractivity contribution is 0.154. The van der Waals surface area contributed by atoms with Gasteiger partial charge in [0.1, 0.15) is 0 Å². The van der Waals surface area contributed by atoms with Gasteiger partial charge in [-0.25, -0.2) is 4.79 Å². The average molecular weight is 222 g/mol. The van der Waals surface area contributed by atoms with Gasteiger partial charge in [0.15, 0.2) is 0 Å². The molecule has 0 aromatic carbocycles. The van der Waals surface area contributed by atoms with Crippen molar-refractivity contribution in [3.63, 3.8) is 0 Å². The molecule has 0 saturated carbocycles. The van der Waals surface area contributed by atoms with Crippen LogP contribution in [0.15, 0.2) is 18.5 Å². The fourth-order valence-electron chi connectivity index (χ4n) is 1.90. The summed E-state index contributed by atoms with van der Waals surface area (Å²) >= 11 is 0. The molecule has 0 aliphatic carbocycles. The second kappa shape index (κ2) is 5.03. The fourth-order valence-corrected chi connectivity index (χ4v) is 1.90. The molecular weight excluding hydrogens is 204 g/mol. The highest BCUT2D eigenvalue weighted by molar-refractivity contribution is 5.74. The minimum absolute atomic E-state index is 0.114. The SMILES string of the molecule is CN(Cc1cc[nH]c1)C(=O)N1CCNCC1. The van der Waals surface area contributed by atoms with Crippen LogP contribution in [0.25, 0.3) is 0 Å². The lowest BCUT2D eigenvalue weighted by Crippen LogP contribution is -2.50. The summed E-state index contributed by atoms with van der Waals surface area (Å²) in [6.45, 7) is 4.05. The first kappa shape index (κ1) is 11.0. The minimum Gasteiger partial charge on any atom is -0.367 e. The summed E-state index contributed by atoms with van der Waals surface area (Å²) in [6.07, 6.45) is 3.79. The topological polar surface area (TPSA) is 51.4 Å². The zero-order valence-corrected chi connectivity index (χ0v) is 9.57. The van der Waals surface area contributed by atoms with E-state index in [0.717, 1.165) is 31.7 Å². The van der Waals surface area contributed by atoms with Crippen LogP contribution >= 0.6 is 0 Å². The molecule has 1 saturated heterocycles. The van der Waals surface area contributed by atoms with Crippen LogP contribution in [-0.2, 0) is 6.54 Å². The maximum atomic E-state index is 12.0. The van der Waals surface area contributed by atoms with E-state index in [-0.39, 0.29) is 6.03 Å². The monoisotopic (exact) mass is 222 g/mol. The number of urea groups is 1. The number of nitrogens with one attached hydrogen (secondary N) is 2. The smallest absolute Gasteiger partial charge is 0.320 e. The van der Waals surface area contributed by atoms with Crippen LogP contribution in [0.4, 0.5) is 4.79 Å². The van der Waals surface area contributed by atoms with Gasteiger partial charge >= 0.3 is 6.03 Å². The van der Waals surface area contributed by atoms with E-state index in [9.17, 15) is 4.79 Å². The Balaban J connectivity index is 1.88. The highest BCUT2D eigenvalue weighted by Gasteiger charge is 2.19. The Morgan fingerprint density at radius 3 is 2.88 bits per heavy atom. The Kier molecular flexibility index (Phi) is 3.46. The molecule has 1 aromatic rings. The number of carbonyl (C=O) groups is 1. The Bertz CT molecular complexity index is 330. The largest absolute Gasteiger partial charge is 0.367 e. The third-order valence-electron chi connectivity index (χ3n) is 2.80. The van der Waals surface area contributed by atoms with Crippen molar-refractivity contribution < 1.29 is 4.79 Å². The third kappa shape index (κ3) is 2.55. The first-order valence-electron chi connectivity index (χ1n) is 5.60. The van der Waals surface area contributed by atoms with Crippen molar-refractivity contribution in [1.29, 1.82) is 0 Å². The lowest BCUT2D eigenvalue weighted by atomic mass is 10.3. The molecule has 0 atom stereocenters. The molecule has 2 N–H and O–H groups in total. The van der Waals surface area contributed by atoms with Crippen LogP contribution < -0.4 is 5.32 Å². The van der Waals surface area contributed by atoms with Gasteiger partial charge in [-0.3, -0.25) is 0 Å². The molecule has 0 unspecified atom stereocenters. The molecule has 16 heavy (non-hydrogen) atoms. The van der Waals surface area contributed by atoms with Gasteiger partial charge in [0.2, 0.25) is 0 Å². The molecule has 2 heterocycles. The van der Waals surface area contributed by atoms with Gasteiger partial charge < -0.3 is 20.1 Å². The summed E-state index contributed by atoms with van der Waals surface area (Å²) in [4.78, 5) is 18.7. The number of rotatable bonds is 2. The predicted molar refractivity (Wildman–Crippen MR) is 62.1 cm³/mol. The Hall–Kier alpha value is -1.49. The van der Waals surface area contributed by atoms with Crippen molar-refractivity contribution in [2.45, 2.75) is 6.54 Å². The minimum atomic E-state index is 0.114. The molecule has 5 heteroatoms. The summed E-state index contributed by atoms with van der Waals surface area (Å²) in [5, 5.41) is 3.24. The number of piperazine rings is 1. The molecular formula is C11H18N4O. The normalized spacial score (nSPS) is 16.2. The number of hydrogen-bond donors (Lipinski definition) is 2. The van der Waals surface area contributed by atoms with E-state index in [1.807, 2.05) is 30.4 Å². The van der Waals surface area contributed by atoms with Gasteiger partial charge in [-0.15, -0.1) is 0 Å². The number of aromatic nitrogens is 1. The summed E-state index contributed by atoms with van der Waals surface area (Å²) < 4.78 is 0. The molecule has 2 amide bonds. The van der Waals surface area contributed by atoms with Crippen LogP contribution in [0.3, 0.4) is 0 Å². The Labute approximate surface area is 95.4 Å². The molecule has 1 aliphatic rings. The van der Waals surface area contributed by atoms with E-state index in [1.54, 1.807) is 4.90 Å². The van der Waals surface area contributed by atoms with Crippen LogP contribution in [-0.4, -0.2) is 54.0 Å². The van der Waals surface area contributed by atoms with Gasteiger partial charge in [0.05, 0.1) is 0 Å². The highest BCUT2D eigenvalue weighted by atomic mass is 16.2. The van der Waals surface area contributed by atoms with Gasteiger partial charge in [-0.05, 0) is 11.6 Å². The molecule has 1 fully saturated rings. The molecule has 0 spiro atoms. The molecule has 0 radical (unpaired) electrons. The second-order valence-electron chi connectivity index (χ2n) is 4.09. The fraction of sp³-hybridized carbons (Fsp3) is 0.545. The molecule has 88 valence electrons. The molecule has 0 bridgehead atoms. The van der Waals surface area contributed by atoms with Gasteiger partial charge in [0.25, 0.3) is 0 Å². The van der Waals surface area contributed by atoms with Crippen molar-refractivity contribution in [2.24, 2.45) is 0 Å². The highest BCUT2D eigenvalue weighted by Crippen LogP contribution is 2.05. The second-order valence-corrected chi connectivity index (χ2v) is 4.09. The van der Waals surface area contributed by atoms with Gasteiger partial charge in [-0.1, -0.05) is 0 Å². The number of amides is 2. The molecule has 1 aliphatic heterocycles. The lowest BCUT2D eigenvalue weighted by Gasteiger charge is -2.31. The number of aromatic amines is 1. The van der Waals surface area contributed by atoms with E-state index >= 15 is 0 Å². The van der Waals surface area contributed by atoms with Crippen molar-refractivity contribution in [1.82, 2.24) is 20.1 Å². The Morgan fingerprint density at radius 2 is 2.25 bits per heavy atom. The van der Waals surface area contributed by atoms with E-state index in [2.05, 4.69) is 10.3 Å². The first-order chi connectivity index (χ1) is 7.77. The van der Waals surface area contributed by atoms with Crippen LogP contribution in [0, 0.1) is 0 Å². The summed E-state index contributed by atoms with van der Waals surface area (Å²) in [6, 6.07) is 2.10. The van der Waals surface area contributed by atoms with E-state index in [0.29, 0.717) is 6.54 Å². The van der Waals surface area contributed by atoms with Crippen molar-refractivity contribution in [3.8, 4) is 0 Å². The van der Waals surface area contributed by atoms with E-state index in [4.69, 9.17) is 0 Å². The van der Waals surface area contributed by atoms with Crippen LogP contribution in [0.1, 0.15) is 5.56 Å². The number of H-pyrrole nitrogens is 1. The average Bonchev–Trinajstić information content (AvgIpc) is 2.82. The van der Waals surface area contributed by atoms with Crippen molar-refractivity contribution in [3.05, 3.63) is 24.0 Å². The van der Waals surface area contributed by atoms with Crippen molar-refractivity contribution in [2.75, 3.05) is 33.2 Å². The molecule has 2 rings (SSSR count). The maximum absolute atomic E-state index is 12.0. The zero-order chi connectivity index (χ0) is 11.4. The van der Waals surface area contributed by atoms with Crippen LogP contribution in [0.2, 0.25) is 0 Å². The summed E-state index contributed by atoms with van der Waals surface area (Å²) in [5.41, 5.74) is 1.13. The van der Waals surface area contributed by atoms with E-state index in [1.165, 1.54) is 0 Å². The maximum Gasteiger partial charge on any atom is 0.320 e. The standard InChI is InChI=1S/C11H18N4O/c1-14(9-10-2-3-13-8-10)11(16)15-6-4-12-5-7-15/h2-3,8,12-13H,4-7,9H2,1H3. The van der Waals surface area contributed by atoms with E-state index < -0.39 is 0 Å². The van der Waals surface area contributed by atoms with Gasteiger partial charge in [-0.2, -0.15) is 0 Å². The van der Waals surface area contributed by atoms with Crippen molar-refractivity contribution >= 4 is 6.03 Å². The first-order valence-corrected chi connectivity index (χ1v) is 5.60. The predicted octanol–water partition coefficient (Wildman–Crippen LogP) is 0.472. The number of hydrogen-bond acceptors (Lipinski definition) is 2. The zero-order valence-electron chi connectivity index (χ0n) is 9.57. The summed E-state index contributed by atoms with van der Waals surface area (Å²) in [5.74, 6) is 0. The molecule has 5 nitrogen and oxygen atoms in total.